The smallest absolute Gasteiger partial charge is 0.416 e. The van der Waals surface area contributed by atoms with Crippen molar-refractivity contribution in [2.45, 2.75) is 32.0 Å². The molecular weight excluding hydrogens is 299 g/mol. The molecule has 0 heterocycles. The summed E-state index contributed by atoms with van der Waals surface area (Å²) in [5.74, 6) is -1.77. The average Bonchev–Trinajstić information content (AvgIpc) is 2.93. The number of rotatable bonds is 4. The minimum Gasteiger partial charge on any atom is -0.478 e. The molecular formula is C15H14F3NO3. The maximum Gasteiger partial charge on any atom is 0.416 e. The minimum absolute atomic E-state index is 0.0432. The highest BCUT2D eigenvalue weighted by Gasteiger charge is 2.33. The molecule has 1 aliphatic rings. The summed E-state index contributed by atoms with van der Waals surface area (Å²) >= 11 is 0. The van der Waals surface area contributed by atoms with Crippen LogP contribution < -0.4 is 5.32 Å². The molecule has 0 unspecified atom stereocenters. The number of amides is 1. The molecule has 4 nitrogen and oxygen atoms in total. The van der Waals surface area contributed by atoms with Gasteiger partial charge in [-0.2, -0.15) is 13.2 Å². The van der Waals surface area contributed by atoms with Crippen molar-refractivity contribution in [3.63, 3.8) is 0 Å². The quantitative estimate of drug-likeness (QED) is 0.898. The summed E-state index contributed by atoms with van der Waals surface area (Å²) in [6.45, 7) is -0.301. The standard InChI is InChI=1S/C15H14F3NO3/c16-15(17,18)12-7-2-1-4-9(12)8-19-13(20)10-5-3-6-11(10)14(21)22/h1-2,4,7H,3,5-6,8H2,(H,19,20)(H,21,22). The summed E-state index contributed by atoms with van der Waals surface area (Å²) in [6, 6.07) is 4.95. The molecule has 0 radical (unpaired) electrons. The van der Waals surface area contributed by atoms with Crippen LogP contribution in [0, 0.1) is 0 Å². The summed E-state index contributed by atoms with van der Waals surface area (Å²) in [5, 5.41) is 11.4. The highest BCUT2D eigenvalue weighted by atomic mass is 19.4. The summed E-state index contributed by atoms with van der Waals surface area (Å²) in [5.41, 5.74) is -0.674. The number of benzene rings is 1. The first-order valence-electron chi connectivity index (χ1n) is 6.69. The summed E-state index contributed by atoms with van der Waals surface area (Å²) in [4.78, 5) is 23.0. The van der Waals surface area contributed by atoms with Gasteiger partial charge < -0.3 is 10.4 Å². The van der Waals surface area contributed by atoms with Crippen LogP contribution in [0.15, 0.2) is 35.4 Å². The Labute approximate surface area is 124 Å². The Hall–Kier alpha value is -2.31. The van der Waals surface area contributed by atoms with Crippen LogP contribution in [0.4, 0.5) is 13.2 Å². The number of carbonyl (C=O) groups excluding carboxylic acids is 1. The van der Waals surface area contributed by atoms with Gasteiger partial charge in [-0.3, -0.25) is 4.79 Å². The molecule has 22 heavy (non-hydrogen) atoms. The number of nitrogens with one attached hydrogen (secondary N) is 1. The van der Waals surface area contributed by atoms with Gasteiger partial charge in [-0.05, 0) is 30.9 Å². The van der Waals surface area contributed by atoms with Crippen LogP contribution in [0.1, 0.15) is 30.4 Å². The van der Waals surface area contributed by atoms with Crippen molar-refractivity contribution in [2.24, 2.45) is 0 Å². The number of alkyl halides is 3. The largest absolute Gasteiger partial charge is 0.478 e. The first-order valence-corrected chi connectivity index (χ1v) is 6.69. The van der Waals surface area contributed by atoms with Gasteiger partial charge in [0.05, 0.1) is 5.56 Å². The lowest BCUT2D eigenvalue weighted by atomic mass is 10.1. The summed E-state index contributed by atoms with van der Waals surface area (Å²) < 4.78 is 38.5. The average molecular weight is 313 g/mol. The molecule has 7 heteroatoms. The van der Waals surface area contributed by atoms with E-state index in [1.54, 1.807) is 0 Å². The van der Waals surface area contributed by atoms with Gasteiger partial charge in [0.15, 0.2) is 0 Å². The van der Waals surface area contributed by atoms with Gasteiger partial charge in [0.25, 0.3) is 0 Å². The second-order valence-electron chi connectivity index (χ2n) is 4.95. The van der Waals surface area contributed by atoms with Crippen molar-refractivity contribution < 1.29 is 27.9 Å². The second-order valence-corrected chi connectivity index (χ2v) is 4.95. The number of hydrogen-bond donors (Lipinski definition) is 2. The third-order valence-electron chi connectivity index (χ3n) is 3.51. The zero-order valence-corrected chi connectivity index (χ0v) is 11.5. The molecule has 2 rings (SSSR count). The number of carboxylic acids is 1. The molecule has 0 atom stereocenters. The SMILES string of the molecule is O=C(O)C1=C(C(=O)NCc2ccccc2C(F)(F)F)CCC1. The number of carboxylic acid groups (broad SMARTS) is 1. The van der Waals surface area contributed by atoms with E-state index in [4.69, 9.17) is 5.11 Å². The van der Waals surface area contributed by atoms with Crippen LogP contribution in [-0.2, 0) is 22.3 Å². The zero-order valence-electron chi connectivity index (χ0n) is 11.5. The molecule has 0 fully saturated rings. The molecule has 0 saturated heterocycles. The Balaban J connectivity index is 2.13. The van der Waals surface area contributed by atoms with Crippen LogP contribution in [0.3, 0.4) is 0 Å². The van der Waals surface area contributed by atoms with Crippen LogP contribution in [0.5, 0.6) is 0 Å². The van der Waals surface area contributed by atoms with Crippen molar-refractivity contribution in [1.29, 1.82) is 0 Å². The molecule has 2 N–H and O–H groups in total. The number of halogens is 3. The maximum absolute atomic E-state index is 12.8. The lowest BCUT2D eigenvalue weighted by molar-refractivity contribution is -0.138. The molecule has 1 amide bonds. The van der Waals surface area contributed by atoms with E-state index in [0.717, 1.165) is 6.07 Å². The van der Waals surface area contributed by atoms with Crippen molar-refractivity contribution >= 4 is 11.9 Å². The molecule has 0 aliphatic heterocycles. The fourth-order valence-corrected chi connectivity index (χ4v) is 2.46. The van der Waals surface area contributed by atoms with E-state index in [1.807, 2.05) is 0 Å². The lowest BCUT2D eigenvalue weighted by Crippen LogP contribution is -2.26. The Morgan fingerprint density at radius 2 is 1.77 bits per heavy atom. The molecule has 1 aliphatic carbocycles. The molecule has 0 aromatic heterocycles. The van der Waals surface area contributed by atoms with E-state index in [9.17, 15) is 22.8 Å². The van der Waals surface area contributed by atoms with Gasteiger partial charge in [0, 0.05) is 17.7 Å². The molecule has 1 aromatic rings. The van der Waals surface area contributed by atoms with E-state index in [1.165, 1.54) is 18.2 Å². The molecule has 0 saturated carbocycles. The fraction of sp³-hybridized carbons (Fsp3) is 0.333. The number of hydrogen-bond acceptors (Lipinski definition) is 2. The van der Waals surface area contributed by atoms with E-state index < -0.39 is 23.6 Å². The van der Waals surface area contributed by atoms with Gasteiger partial charge in [0.2, 0.25) is 5.91 Å². The Kier molecular flexibility index (Phi) is 4.54. The van der Waals surface area contributed by atoms with Crippen molar-refractivity contribution in [1.82, 2.24) is 5.32 Å². The van der Waals surface area contributed by atoms with Crippen molar-refractivity contribution in [2.75, 3.05) is 0 Å². The first kappa shape index (κ1) is 16.1. The van der Waals surface area contributed by atoms with Gasteiger partial charge in [-0.25, -0.2) is 4.79 Å². The molecule has 118 valence electrons. The topological polar surface area (TPSA) is 66.4 Å². The Morgan fingerprint density at radius 3 is 2.41 bits per heavy atom. The summed E-state index contributed by atoms with van der Waals surface area (Å²) in [6.07, 6.45) is -3.31. The molecule has 0 spiro atoms. The van der Waals surface area contributed by atoms with Crippen LogP contribution in [0.2, 0.25) is 0 Å². The number of aliphatic carboxylic acids is 1. The van der Waals surface area contributed by atoms with Gasteiger partial charge in [-0.15, -0.1) is 0 Å². The van der Waals surface area contributed by atoms with Gasteiger partial charge >= 0.3 is 12.1 Å². The van der Waals surface area contributed by atoms with Gasteiger partial charge in [0.1, 0.15) is 0 Å². The van der Waals surface area contributed by atoms with Crippen LogP contribution in [0.25, 0.3) is 0 Å². The second kappa shape index (κ2) is 6.21. The highest BCUT2D eigenvalue weighted by molar-refractivity contribution is 6.02. The maximum atomic E-state index is 12.8. The third kappa shape index (κ3) is 3.47. The normalized spacial score (nSPS) is 15.0. The van der Waals surface area contributed by atoms with E-state index in [2.05, 4.69) is 5.32 Å². The third-order valence-corrected chi connectivity index (χ3v) is 3.51. The van der Waals surface area contributed by atoms with Crippen LogP contribution >= 0.6 is 0 Å². The van der Waals surface area contributed by atoms with E-state index >= 15 is 0 Å². The highest BCUT2D eigenvalue weighted by Crippen LogP contribution is 2.32. The van der Waals surface area contributed by atoms with Crippen molar-refractivity contribution in [3.05, 3.63) is 46.5 Å². The zero-order chi connectivity index (χ0) is 16.3. The first-order chi connectivity index (χ1) is 10.3. The Morgan fingerprint density at radius 1 is 1.14 bits per heavy atom. The van der Waals surface area contributed by atoms with E-state index in [0.29, 0.717) is 19.3 Å². The summed E-state index contributed by atoms with van der Waals surface area (Å²) in [7, 11) is 0. The van der Waals surface area contributed by atoms with Gasteiger partial charge in [-0.1, -0.05) is 18.2 Å². The molecule has 1 aromatic carbocycles. The predicted octanol–water partition coefficient (Wildman–Crippen LogP) is 2.89. The fourth-order valence-electron chi connectivity index (χ4n) is 2.46. The Bertz CT molecular complexity index is 635. The molecule has 0 bridgehead atoms. The van der Waals surface area contributed by atoms with Crippen LogP contribution in [-0.4, -0.2) is 17.0 Å². The van der Waals surface area contributed by atoms with E-state index in [-0.39, 0.29) is 23.3 Å². The monoisotopic (exact) mass is 313 g/mol. The predicted molar refractivity (Wildman–Crippen MR) is 71.8 cm³/mol. The van der Waals surface area contributed by atoms with Crippen molar-refractivity contribution in [3.8, 4) is 0 Å². The number of carbonyl (C=O) groups is 2. The minimum atomic E-state index is -4.50. The lowest BCUT2D eigenvalue weighted by Gasteiger charge is -2.13.